The van der Waals surface area contributed by atoms with Gasteiger partial charge in [-0.25, -0.2) is 4.98 Å². The fourth-order valence-electron chi connectivity index (χ4n) is 2.26. The SMILES string of the molecule is Cc1ccccc1C(=O)Nc1cnc(-c2cc(C(F)(F)F)nn2C)s1. The monoisotopic (exact) mass is 366 g/mol. The van der Waals surface area contributed by atoms with Gasteiger partial charge in [0.25, 0.3) is 5.91 Å². The highest BCUT2D eigenvalue weighted by Crippen LogP contribution is 2.34. The molecule has 2 heterocycles. The number of carbonyl (C=O) groups is 1. The molecule has 0 aliphatic carbocycles. The Morgan fingerprint density at radius 3 is 2.64 bits per heavy atom. The molecule has 0 spiro atoms. The Morgan fingerprint density at radius 2 is 2.00 bits per heavy atom. The van der Waals surface area contributed by atoms with E-state index in [0.29, 0.717) is 15.6 Å². The average molecular weight is 366 g/mol. The van der Waals surface area contributed by atoms with Crippen LogP contribution in [0.4, 0.5) is 18.2 Å². The topological polar surface area (TPSA) is 59.8 Å². The van der Waals surface area contributed by atoms with E-state index >= 15 is 0 Å². The summed E-state index contributed by atoms with van der Waals surface area (Å²) in [6.07, 6.45) is -3.11. The van der Waals surface area contributed by atoms with Gasteiger partial charge in [-0.3, -0.25) is 9.48 Å². The molecule has 1 N–H and O–H groups in total. The maximum absolute atomic E-state index is 12.7. The Kier molecular flexibility index (Phi) is 4.34. The number of anilines is 1. The molecule has 25 heavy (non-hydrogen) atoms. The van der Waals surface area contributed by atoms with E-state index in [9.17, 15) is 18.0 Å². The summed E-state index contributed by atoms with van der Waals surface area (Å²) in [5.74, 6) is -0.297. The summed E-state index contributed by atoms with van der Waals surface area (Å²) in [4.78, 5) is 16.4. The third-order valence-corrected chi connectivity index (χ3v) is 4.46. The van der Waals surface area contributed by atoms with E-state index in [2.05, 4.69) is 15.4 Å². The largest absolute Gasteiger partial charge is 0.435 e. The van der Waals surface area contributed by atoms with Crippen molar-refractivity contribution < 1.29 is 18.0 Å². The molecule has 0 unspecified atom stereocenters. The molecule has 3 aromatic rings. The highest BCUT2D eigenvalue weighted by Gasteiger charge is 2.35. The van der Waals surface area contributed by atoms with E-state index in [1.807, 2.05) is 19.1 Å². The van der Waals surface area contributed by atoms with Gasteiger partial charge < -0.3 is 5.32 Å². The maximum atomic E-state index is 12.7. The van der Waals surface area contributed by atoms with Crippen LogP contribution in [0.1, 0.15) is 21.6 Å². The van der Waals surface area contributed by atoms with Gasteiger partial charge in [0.15, 0.2) is 5.69 Å². The minimum absolute atomic E-state index is 0.230. The van der Waals surface area contributed by atoms with Crippen LogP contribution in [-0.4, -0.2) is 20.7 Å². The number of hydrogen-bond acceptors (Lipinski definition) is 4. The second-order valence-electron chi connectivity index (χ2n) is 5.33. The van der Waals surface area contributed by atoms with Gasteiger partial charge in [0.05, 0.1) is 11.9 Å². The first-order valence-electron chi connectivity index (χ1n) is 7.20. The molecule has 0 saturated heterocycles. The molecule has 0 aliphatic rings. The van der Waals surface area contributed by atoms with Crippen LogP contribution < -0.4 is 5.32 Å². The van der Waals surface area contributed by atoms with Gasteiger partial charge >= 0.3 is 6.18 Å². The van der Waals surface area contributed by atoms with E-state index in [1.54, 1.807) is 12.1 Å². The molecule has 0 radical (unpaired) electrons. The van der Waals surface area contributed by atoms with Gasteiger partial charge in [-0.05, 0) is 24.6 Å². The van der Waals surface area contributed by atoms with Crippen molar-refractivity contribution in [1.29, 1.82) is 0 Å². The lowest BCUT2D eigenvalue weighted by Gasteiger charge is -2.04. The summed E-state index contributed by atoms with van der Waals surface area (Å²) < 4.78 is 39.4. The molecule has 1 aromatic carbocycles. The zero-order valence-corrected chi connectivity index (χ0v) is 14.1. The van der Waals surface area contributed by atoms with Gasteiger partial charge in [-0.1, -0.05) is 29.5 Å². The molecule has 0 bridgehead atoms. The molecule has 5 nitrogen and oxygen atoms in total. The van der Waals surface area contributed by atoms with E-state index in [0.717, 1.165) is 27.6 Å². The Bertz CT molecular complexity index is 930. The number of halogens is 3. The Morgan fingerprint density at radius 1 is 1.28 bits per heavy atom. The number of amides is 1. The van der Waals surface area contributed by atoms with Crippen LogP contribution in [-0.2, 0) is 13.2 Å². The van der Waals surface area contributed by atoms with Crippen LogP contribution in [0.15, 0.2) is 36.5 Å². The highest BCUT2D eigenvalue weighted by atomic mass is 32.1. The molecule has 2 aromatic heterocycles. The number of aryl methyl sites for hydroxylation is 2. The van der Waals surface area contributed by atoms with Gasteiger partial charge in [0.1, 0.15) is 10.0 Å². The number of nitrogens with zero attached hydrogens (tertiary/aromatic N) is 3. The molecule has 0 atom stereocenters. The molecule has 9 heteroatoms. The number of alkyl halides is 3. The van der Waals surface area contributed by atoms with Crippen molar-refractivity contribution in [2.75, 3.05) is 5.32 Å². The minimum Gasteiger partial charge on any atom is -0.312 e. The van der Waals surface area contributed by atoms with Gasteiger partial charge in [-0.2, -0.15) is 18.3 Å². The molecular weight excluding hydrogens is 353 g/mol. The second-order valence-corrected chi connectivity index (χ2v) is 6.37. The van der Waals surface area contributed by atoms with Crippen LogP contribution in [0.3, 0.4) is 0 Å². The molecule has 130 valence electrons. The number of carbonyl (C=O) groups excluding carboxylic acids is 1. The van der Waals surface area contributed by atoms with E-state index in [4.69, 9.17) is 0 Å². The van der Waals surface area contributed by atoms with Crippen molar-refractivity contribution >= 4 is 22.2 Å². The first-order chi connectivity index (χ1) is 11.8. The van der Waals surface area contributed by atoms with Gasteiger partial charge in [0.2, 0.25) is 0 Å². The van der Waals surface area contributed by atoms with E-state index < -0.39 is 11.9 Å². The zero-order chi connectivity index (χ0) is 18.2. The molecular formula is C16H13F3N4OS. The van der Waals surface area contributed by atoms with E-state index in [-0.39, 0.29) is 11.6 Å². The van der Waals surface area contributed by atoms with Crippen LogP contribution in [0.2, 0.25) is 0 Å². The zero-order valence-electron chi connectivity index (χ0n) is 13.3. The minimum atomic E-state index is -4.52. The summed E-state index contributed by atoms with van der Waals surface area (Å²) in [5, 5.41) is 6.95. The number of rotatable bonds is 3. The Balaban J connectivity index is 1.83. The van der Waals surface area contributed by atoms with Crippen molar-refractivity contribution in [1.82, 2.24) is 14.8 Å². The third-order valence-electron chi connectivity index (χ3n) is 3.52. The number of thiazole rings is 1. The first-order valence-corrected chi connectivity index (χ1v) is 8.02. The third kappa shape index (κ3) is 3.55. The Labute approximate surface area is 145 Å². The van der Waals surface area contributed by atoms with Crippen molar-refractivity contribution in [2.24, 2.45) is 7.05 Å². The molecule has 3 rings (SSSR count). The quantitative estimate of drug-likeness (QED) is 0.758. The fourth-order valence-corrected chi connectivity index (χ4v) is 3.12. The molecule has 0 fully saturated rings. The average Bonchev–Trinajstić information content (AvgIpc) is 3.13. The normalized spacial score (nSPS) is 11.6. The lowest BCUT2D eigenvalue weighted by Crippen LogP contribution is -2.12. The highest BCUT2D eigenvalue weighted by molar-refractivity contribution is 7.19. The lowest BCUT2D eigenvalue weighted by molar-refractivity contribution is -0.141. The van der Waals surface area contributed by atoms with Gasteiger partial charge in [0, 0.05) is 12.6 Å². The predicted molar refractivity (Wildman–Crippen MR) is 88.5 cm³/mol. The van der Waals surface area contributed by atoms with Crippen LogP contribution in [0.25, 0.3) is 10.7 Å². The number of nitrogens with one attached hydrogen (secondary N) is 1. The summed E-state index contributed by atoms with van der Waals surface area (Å²) in [5.41, 5.74) is 0.600. The molecule has 0 aliphatic heterocycles. The van der Waals surface area contributed by atoms with Crippen molar-refractivity contribution in [3.63, 3.8) is 0 Å². The summed E-state index contributed by atoms with van der Waals surface area (Å²) >= 11 is 1.08. The van der Waals surface area contributed by atoms with Crippen molar-refractivity contribution in [2.45, 2.75) is 13.1 Å². The summed E-state index contributed by atoms with van der Waals surface area (Å²) in [6, 6.07) is 8.04. The standard InChI is InChI=1S/C16H13F3N4OS/c1-9-5-3-4-6-10(9)14(24)21-13-8-20-15(25-13)11-7-12(16(17,18)19)22-23(11)2/h3-8H,1-2H3,(H,21,24). The maximum Gasteiger partial charge on any atom is 0.435 e. The van der Waals surface area contributed by atoms with Crippen LogP contribution in [0.5, 0.6) is 0 Å². The fraction of sp³-hybridized carbons (Fsp3) is 0.188. The number of benzene rings is 1. The molecule has 1 amide bonds. The van der Waals surface area contributed by atoms with Gasteiger partial charge in [-0.15, -0.1) is 0 Å². The lowest BCUT2D eigenvalue weighted by atomic mass is 10.1. The Hall–Kier alpha value is -2.68. The number of hydrogen-bond donors (Lipinski definition) is 1. The second kappa shape index (κ2) is 6.32. The smallest absolute Gasteiger partial charge is 0.312 e. The first kappa shape index (κ1) is 17.2. The summed E-state index contributed by atoms with van der Waals surface area (Å²) in [7, 11) is 1.41. The van der Waals surface area contributed by atoms with E-state index in [1.165, 1.54) is 13.2 Å². The van der Waals surface area contributed by atoms with Crippen LogP contribution in [0, 0.1) is 6.92 Å². The molecule has 0 saturated carbocycles. The van der Waals surface area contributed by atoms with Crippen molar-refractivity contribution in [3.05, 3.63) is 53.3 Å². The van der Waals surface area contributed by atoms with Crippen LogP contribution >= 0.6 is 11.3 Å². The number of aromatic nitrogens is 3. The summed E-state index contributed by atoms with van der Waals surface area (Å²) in [6.45, 7) is 1.82. The van der Waals surface area contributed by atoms with Crippen molar-refractivity contribution in [3.8, 4) is 10.7 Å². The predicted octanol–water partition coefficient (Wildman–Crippen LogP) is 4.12.